The number of hydrogen-bond acceptors (Lipinski definition) is 3. The van der Waals surface area contributed by atoms with E-state index in [-0.39, 0.29) is 17.9 Å². The number of likely N-dealkylation sites (tertiary alicyclic amines) is 1. The highest BCUT2D eigenvalue weighted by atomic mass is 16.3. The fourth-order valence-corrected chi connectivity index (χ4v) is 3.61. The van der Waals surface area contributed by atoms with Crippen molar-refractivity contribution in [1.29, 1.82) is 0 Å². The Balaban J connectivity index is 1.65. The van der Waals surface area contributed by atoms with Crippen molar-refractivity contribution in [3.05, 3.63) is 30.0 Å². The summed E-state index contributed by atoms with van der Waals surface area (Å²) in [5, 5.41) is 3.92. The molecule has 1 N–H and O–H groups in total. The smallest absolute Gasteiger partial charge is 0.321 e. The second kappa shape index (κ2) is 7.81. The molecule has 0 aliphatic carbocycles. The molecule has 0 saturated carbocycles. The number of rotatable bonds is 4. The maximum Gasteiger partial charge on any atom is 0.321 e. The van der Waals surface area contributed by atoms with Gasteiger partial charge in [-0.1, -0.05) is 0 Å². The van der Waals surface area contributed by atoms with Crippen LogP contribution in [0.5, 0.6) is 0 Å². The fraction of sp³-hybridized carbons (Fsp3) is 0.500. The van der Waals surface area contributed by atoms with Crippen LogP contribution in [0.2, 0.25) is 0 Å². The molecule has 1 aromatic carbocycles. The number of hydrogen-bond donors (Lipinski definition) is 1. The summed E-state index contributed by atoms with van der Waals surface area (Å²) in [5.41, 5.74) is 1.55. The van der Waals surface area contributed by atoms with Crippen molar-refractivity contribution >= 4 is 28.6 Å². The molecule has 1 aliphatic rings. The normalized spacial score (nSPS) is 17.3. The van der Waals surface area contributed by atoms with Crippen molar-refractivity contribution in [1.82, 2.24) is 9.80 Å². The number of carbonyl (C=O) groups is 2. The van der Waals surface area contributed by atoms with Crippen molar-refractivity contribution in [2.24, 2.45) is 5.92 Å². The van der Waals surface area contributed by atoms with Gasteiger partial charge in [-0.2, -0.15) is 0 Å². The van der Waals surface area contributed by atoms with Gasteiger partial charge in [-0.3, -0.25) is 4.79 Å². The molecule has 2 heterocycles. The molecule has 1 aliphatic heterocycles. The van der Waals surface area contributed by atoms with Crippen molar-refractivity contribution in [3.8, 4) is 0 Å². The first-order valence-electron chi connectivity index (χ1n) is 9.36. The zero-order chi connectivity index (χ0) is 18.7. The molecule has 0 spiro atoms. The molecule has 3 rings (SSSR count). The molecule has 1 saturated heterocycles. The minimum atomic E-state index is -0.151. The van der Waals surface area contributed by atoms with E-state index in [0.29, 0.717) is 26.2 Å². The van der Waals surface area contributed by atoms with Crippen molar-refractivity contribution < 1.29 is 14.0 Å². The third-order valence-electron chi connectivity index (χ3n) is 5.02. The lowest BCUT2D eigenvalue weighted by Crippen LogP contribution is -2.47. The molecular weight excluding hydrogens is 330 g/mol. The SMILES string of the molecule is CCN(CC)C(=O)[C@H]1CCCN(C(=O)Nc2ccc3oc(C)cc3c2)C1. The lowest BCUT2D eigenvalue weighted by molar-refractivity contribution is -0.136. The van der Waals surface area contributed by atoms with E-state index in [4.69, 9.17) is 4.42 Å². The van der Waals surface area contributed by atoms with Crippen LogP contribution in [0.4, 0.5) is 10.5 Å². The molecule has 0 unspecified atom stereocenters. The average Bonchev–Trinajstić information content (AvgIpc) is 3.02. The summed E-state index contributed by atoms with van der Waals surface area (Å²) < 4.78 is 5.56. The zero-order valence-corrected chi connectivity index (χ0v) is 15.7. The van der Waals surface area contributed by atoms with Gasteiger partial charge in [-0.05, 0) is 57.9 Å². The highest BCUT2D eigenvalue weighted by Crippen LogP contribution is 2.24. The molecule has 6 nitrogen and oxygen atoms in total. The Kier molecular flexibility index (Phi) is 5.49. The summed E-state index contributed by atoms with van der Waals surface area (Å²) in [5.74, 6) is 0.897. The van der Waals surface area contributed by atoms with Gasteiger partial charge in [0.05, 0.1) is 5.92 Å². The van der Waals surface area contributed by atoms with Crippen molar-refractivity contribution in [2.45, 2.75) is 33.6 Å². The molecule has 140 valence electrons. The monoisotopic (exact) mass is 357 g/mol. The van der Waals surface area contributed by atoms with E-state index in [0.717, 1.165) is 35.3 Å². The van der Waals surface area contributed by atoms with E-state index >= 15 is 0 Å². The van der Waals surface area contributed by atoms with Crippen LogP contribution >= 0.6 is 0 Å². The van der Waals surface area contributed by atoms with E-state index in [1.54, 1.807) is 4.90 Å². The number of anilines is 1. The molecule has 2 aromatic rings. The first-order chi connectivity index (χ1) is 12.5. The van der Waals surface area contributed by atoms with Gasteiger partial charge in [0.15, 0.2) is 0 Å². The maximum atomic E-state index is 12.7. The average molecular weight is 357 g/mol. The highest BCUT2D eigenvalue weighted by Gasteiger charge is 2.30. The summed E-state index contributed by atoms with van der Waals surface area (Å²) in [6.45, 7) is 8.46. The van der Waals surface area contributed by atoms with Gasteiger partial charge in [-0.15, -0.1) is 0 Å². The van der Waals surface area contributed by atoms with Crippen LogP contribution in [0, 0.1) is 12.8 Å². The minimum Gasteiger partial charge on any atom is -0.461 e. The van der Waals surface area contributed by atoms with E-state index in [1.807, 2.05) is 49.9 Å². The third-order valence-corrected chi connectivity index (χ3v) is 5.02. The van der Waals surface area contributed by atoms with Gasteiger partial charge in [0.1, 0.15) is 11.3 Å². The summed E-state index contributed by atoms with van der Waals surface area (Å²) in [4.78, 5) is 28.8. The zero-order valence-electron chi connectivity index (χ0n) is 15.7. The summed E-state index contributed by atoms with van der Waals surface area (Å²) in [6.07, 6.45) is 1.70. The molecule has 3 amide bonds. The third kappa shape index (κ3) is 3.84. The number of carbonyl (C=O) groups excluding carboxylic acids is 2. The molecule has 6 heteroatoms. The standard InChI is InChI=1S/C20H27N3O3/c1-4-22(5-2)19(24)15-7-6-10-23(13-15)20(25)21-17-8-9-18-16(12-17)11-14(3)26-18/h8-9,11-12,15H,4-7,10,13H2,1-3H3,(H,21,25)/t15-/m0/s1. The van der Waals surface area contributed by atoms with Gasteiger partial charge in [0, 0.05) is 37.3 Å². The van der Waals surface area contributed by atoms with Gasteiger partial charge in [0.2, 0.25) is 5.91 Å². The van der Waals surface area contributed by atoms with Crippen LogP contribution < -0.4 is 5.32 Å². The first-order valence-corrected chi connectivity index (χ1v) is 9.36. The summed E-state index contributed by atoms with van der Waals surface area (Å²) in [6, 6.07) is 7.41. The van der Waals surface area contributed by atoms with Gasteiger partial charge in [0.25, 0.3) is 0 Å². The fourth-order valence-electron chi connectivity index (χ4n) is 3.61. The van der Waals surface area contributed by atoms with E-state index in [1.165, 1.54) is 0 Å². The van der Waals surface area contributed by atoms with Gasteiger partial charge in [-0.25, -0.2) is 4.79 Å². The number of nitrogens with zero attached hydrogens (tertiary/aromatic N) is 2. The Morgan fingerprint density at radius 1 is 1.27 bits per heavy atom. The highest BCUT2D eigenvalue weighted by molar-refractivity contribution is 5.93. The van der Waals surface area contributed by atoms with Crippen LogP contribution in [0.1, 0.15) is 32.4 Å². The number of furan rings is 1. The molecule has 0 bridgehead atoms. The Morgan fingerprint density at radius 3 is 2.77 bits per heavy atom. The largest absolute Gasteiger partial charge is 0.461 e. The molecule has 26 heavy (non-hydrogen) atoms. The lowest BCUT2D eigenvalue weighted by atomic mass is 9.96. The Hall–Kier alpha value is -2.50. The second-order valence-electron chi connectivity index (χ2n) is 6.84. The van der Waals surface area contributed by atoms with Gasteiger partial charge >= 0.3 is 6.03 Å². The predicted molar refractivity (Wildman–Crippen MR) is 102 cm³/mol. The number of amides is 3. The summed E-state index contributed by atoms with van der Waals surface area (Å²) >= 11 is 0. The van der Waals surface area contributed by atoms with E-state index in [2.05, 4.69) is 5.32 Å². The lowest BCUT2D eigenvalue weighted by Gasteiger charge is -2.34. The van der Waals surface area contributed by atoms with Crippen molar-refractivity contribution in [2.75, 3.05) is 31.5 Å². The predicted octanol–water partition coefficient (Wildman–Crippen LogP) is 3.85. The van der Waals surface area contributed by atoms with E-state index < -0.39 is 0 Å². The van der Waals surface area contributed by atoms with Crippen molar-refractivity contribution in [3.63, 3.8) is 0 Å². The molecule has 1 aromatic heterocycles. The van der Waals surface area contributed by atoms with Crippen LogP contribution in [0.25, 0.3) is 11.0 Å². The van der Waals surface area contributed by atoms with Crippen LogP contribution in [0.15, 0.2) is 28.7 Å². The number of urea groups is 1. The maximum absolute atomic E-state index is 12.7. The topological polar surface area (TPSA) is 65.8 Å². The first kappa shape index (κ1) is 18.3. The van der Waals surface area contributed by atoms with E-state index in [9.17, 15) is 9.59 Å². The molecule has 0 radical (unpaired) electrons. The Bertz CT molecular complexity index is 795. The quantitative estimate of drug-likeness (QED) is 0.904. The van der Waals surface area contributed by atoms with Gasteiger partial charge < -0.3 is 19.5 Å². The van der Waals surface area contributed by atoms with Crippen LogP contribution in [-0.2, 0) is 4.79 Å². The van der Waals surface area contributed by atoms with Crippen LogP contribution in [-0.4, -0.2) is 47.9 Å². The summed E-state index contributed by atoms with van der Waals surface area (Å²) in [7, 11) is 0. The number of aryl methyl sites for hydroxylation is 1. The molecular formula is C20H27N3O3. The Labute approximate surface area is 154 Å². The molecule has 1 fully saturated rings. The number of piperidine rings is 1. The number of nitrogens with one attached hydrogen (secondary N) is 1. The van der Waals surface area contributed by atoms with Crippen LogP contribution in [0.3, 0.4) is 0 Å². The molecule has 1 atom stereocenters. The second-order valence-corrected chi connectivity index (χ2v) is 6.84. The minimum absolute atomic E-state index is 0.103. The Morgan fingerprint density at radius 2 is 2.04 bits per heavy atom. The number of benzene rings is 1. The number of fused-ring (bicyclic) bond motifs is 1.